The van der Waals surface area contributed by atoms with E-state index < -0.39 is 6.29 Å². The zero-order valence-corrected chi connectivity index (χ0v) is 11.0. The molecule has 0 aliphatic heterocycles. The Morgan fingerprint density at radius 2 is 1.87 bits per heavy atom. The van der Waals surface area contributed by atoms with Gasteiger partial charge in [0.25, 0.3) is 0 Å². The van der Waals surface area contributed by atoms with E-state index in [-0.39, 0.29) is 0 Å². The zero-order chi connectivity index (χ0) is 11.8. The molecular weight excluding hydrogens is 188 g/mol. The van der Waals surface area contributed by atoms with Gasteiger partial charge in [-0.25, -0.2) is 0 Å². The molecule has 1 N–H and O–H groups in total. The van der Waals surface area contributed by atoms with Crippen LogP contribution in [0.3, 0.4) is 0 Å². The van der Waals surface area contributed by atoms with Gasteiger partial charge in [0.05, 0.1) is 0 Å². The molecule has 0 bridgehead atoms. The molecular formula is C13H28O2. The van der Waals surface area contributed by atoms with Crippen LogP contribution in [0.15, 0.2) is 0 Å². The molecule has 1 fully saturated rings. The summed E-state index contributed by atoms with van der Waals surface area (Å²) in [5.41, 5.74) is 0. The average Bonchev–Trinajstić information content (AvgIpc) is 2.48. The molecule has 0 spiro atoms. The summed E-state index contributed by atoms with van der Waals surface area (Å²) in [5, 5.41) is 8.92. The topological polar surface area (TPSA) is 29.5 Å². The van der Waals surface area contributed by atoms with Gasteiger partial charge in [-0.1, -0.05) is 27.7 Å². The lowest BCUT2D eigenvalue weighted by molar-refractivity contribution is -0.0889. The second-order valence-electron chi connectivity index (χ2n) is 4.57. The molecule has 2 heteroatoms. The number of aliphatic hydroxyl groups is 1. The Morgan fingerprint density at radius 1 is 1.27 bits per heavy atom. The van der Waals surface area contributed by atoms with Crippen LogP contribution in [0.2, 0.25) is 0 Å². The SMILES string of the molecule is CC.CC1CC(C)C(CCOC(C)O)C1. The summed E-state index contributed by atoms with van der Waals surface area (Å²) in [4.78, 5) is 0. The Hall–Kier alpha value is -0.0800. The molecule has 92 valence electrons. The molecule has 0 aromatic carbocycles. The van der Waals surface area contributed by atoms with Crippen LogP contribution in [0, 0.1) is 17.8 Å². The van der Waals surface area contributed by atoms with Gasteiger partial charge in [0.1, 0.15) is 0 Å². The highest BCUT2D eigenvalue weighted by molar-refractivity contribution is 4.78. The molecule has 15 heavy (non-hydrogen) atoms. The molecule has 1 rings (SSSR count). The average molecular weight is 216 g/mol. The van der Waals surface area contributed by atoms with E-state index in [0.717, 1.165) is 24.2 Å². The summed E-state index contributed by atoms with van der Waals surface area (Å²) in [7, 11) is 0. The van der Waals surface area contributed by atoms with E-state index in [1.807, 2.05) is 13.8 Å². The van der Waals surface area contributed by atoms with Crippen LogP contribution in [-0.2, 0) is 4.74 Å². The van der Waals surface area contributed by atoms with Gasteiger partial charge in [0.15, 0.2) is 6.29 Å². The number of aliphatic hydroxyl groups excluding tert-OH is 1. The fourth-order valence-corrected chi connectivity index (χ4v) is 2.46. The van der Waals surface area contributed by atoms with Gasteiger partial charge in [0.2, 0.25) is 0 Å². The second-order valence-corrected chi connectivity index (χ2v) is 4.57. The van der Waals surface area contributed by atoms with Crippen molar-refractivity contribution < 1.29 is 9.84 Å². The minimum atomic E-state index is -0.603. The van der Waals surface area contributed by atoms with Crippen LogP contribution in [0.1, 0.15) is 53.9 Å². The predicted molar refractivity (Wildman–Crippen MR) is 64.6 cm³/mol. The molecule has 0 heterocycles. The molecule has 0 aromatic heterocycles. The molecule has 1 aliphatic rings. The molecule has 1 saturated carbocycles. The summed E-state index contributed by atoms with van der Waals surface area (Å²) < 4.78 is 5.14. The first-order valence-corrected chi connectivity index (χ1v) is 6.39. The lowest BCUT2D eigenvalue weighted by Crippen LogP contribution is -2.12. The van der Waals surface area contributed by atoms with Gasteiger partial charge in [0, 0.05) is 6.61 Å². The highest BCUT2D eigenvalue weighted by Gasteiger charge is 2.28. The Balaban J connectivity index is 0.000000921. The molecule has 4 unspecified atom stereocenters. The number of hydrogen-bond donors (Lipinski definition) is 1. The number of ether oxygens (including phenoxy) is 1. The highest BCUT2D eigenvalue weighted by atomic mass is 16.6. The number of hydrogen-bond acceptors (Lipinski definition) is 2. The number of rotatable bonds is 4. The van der Waals surface area contributed by atoms with Gasteiger partial charge in [-0.2, -0.15) is 0 Å². The molecule has 4 atom stereocenters. The van der Waals surface area contributed by atoms with Gasteiger partial charge in [-0.05, 0) is 43.9 Å². The fraction of sp³-hybridized carbons (Fsp3) is 1.00. The van der Waals surface area contributed by atoms with Crippen molar-refractivity contribution in [3.63, 3.8) is 0 Å². The van der Waals surface area contributed by atoms with Crippen LogP contribution in [-0.4, -0.2) is 18.0 Å². The third kappa shape index (κ3) is 6.16. The fourth-order valence-electron chi connectivity index (χ4n) is 2.46. The Kier molecular flexibility index (Phi) is 8.07. The normalized spacial score (nSPS) is 32.0. The Morgan fingerprint density at radius 3 is 2.27 bits per heavy atom. The predicted octanol–water partition coefficient (Wildman–Crippen LogP) is 3.44. The van der Waals surface area contributed by atoms with Gasteiger partial charge < -0.3 is 9.84 Å². The van der Waals surface area contributed by atoms with Crippen molar-refractivity contribution in [3.8, 4) is 0 Å². The molecule has 1 aliphatic carbocycles. The van der Waals surface area contributed by atoms with Gasteiger partial charge in [-0.3, -0.25) is 0 Å². The van der Waals surface area contributed by atoms with Gasteiger partial charge >= 0.3 is 0 Å². The quantitative estimate of drug-likeness (QED) is 0.729. The third-order valence-corrected chi connectivity index (χ3v) is 3.13. The van der Waals surface area contributed by atoms with Gasteiger partial charge in [-0.15, -0.1) is 0 Å². The maximum atomic E-state index is 8.92. The first kappa shape index (κ1) is 14.9. The van der Waals surface area contributed by atoms with Crippen molar-refractivity contribution in [1.29, 1.82) is 0 Å². The zero-order valence-electron chi connectivity index (χ0n) is 11.0. The van der Waals surface area contributed by atoms with E-state index >= 15 is 0 Å². The summed E-state index contributed by atoms with van der Waals surface area (Å²) >= 11 is 0. The first-order valence-electron chi connectivity index (χ1n) is 6.39. The maximum absolute atomic E-state index is 8.92. The van der Waals surface area contributed by atoms with Crippen molar-refractivity contribution in [2.45, 2.75) is 60.2 Å². The summed E-state index contributed by atoms with van der Waals surface area (Å²) in [6, 6.07) is 0. The second kappa shape index (κ2) is 8.12. The standard InChI is InChI=1S/C11H22O2.C2H6/c1-8-6-9(2)11(7-8)4-5-13-10(3)12;1-2/h8-12H,4-7H2,1-3H3;1-2H3. The molecule has 0 aromatic rings. The molecule has 2 nitrogen and oxygen atoms in total. The van der Waals surface area contributed by atoms with Crippen molar-refractivity contribution in [3.05, 3.63) is 0 Å². The third-order valence-electron chi connectivity index (χ3n) is 3.13. The summed E-state index contributed by atoms with van der Waals surface area (Å²) in [6.07, 6.45) is 3.20. The first-order chi connectivity index (χ1) is 7.09. The molecule has 0 saturated heterocycles. The van der Waals surface area contributed by atoms with E-state index in [2.05, 4.69) is 13.8 Å². The van der Waals surface area contributed by atoms with Crippen LogP contribution in [0.25, 0.3) is 0 Å². The van der Waals surface area contributed by atoms with E-state index in [9.17, 15) is 0 Å². The molecule has 0 radical (unpaired) electrons. The lowest BCUT2D eigenvalue weighted by Gasteiger charge is -2.15. The lowest BCUT2D eigenvalue weighted by atomic mass is 9.95. The minimum absolute atomic E-state index is 0.603. The van der Waals surface area contributed by atoms with Crippen molar-refractivity contribution in [2.75, 3.05) is 6.61 Å². The largest absolute Gasteiger partial charge is 0.368 e. The monoisotopic (exact) mass is 216 g/mol. The molecule has 0 amide bonds. The Bertz CT molecular complexity index is 145. The van der Waals surface area contributed by atoms with E-state index in [0.29, 0.717) is 6.61 Å². The summed E-state index contributed by atoms with van der Waals surface area (Å²) in [5.74, 6) is 2.54. The van der Waals surface area contributed by atoms with E-state index in [1.165, 1.54) is 12.8 Å². The maximum Gasteiger partial charge on any atom is 0.151 e. The van der Waals surface area contributed by atoms with Crippen LogP contribution < -0.4 is 0 Å². The van der Waals surface area contributed by atoms with E-state index in [4.69, 9.17) is 9.84 Å². The van der Waals surface area contributed by atoms with Crippen molar-refractivity contribution in [2.24, 2.45) is 17.8 Å². The highest BCUT2D eigenvalue weighted by Crippen LogP contribution is 2.37. The van der Waals surface area contributed by atoms with Crippen molar-refractivity contribution in [1.82, 2.24) is 0 Å². The van der Waals surface area contributed by atoms with Crippen LogP contribution >= 0.6 is 0 Å². The van der Waals surface area contributed by atoms with E-state index in [1.54, 1.807) is 6.92 Å². The van der Waals surface area contributed by atoms with Crippen LogP contribution in [0.4, 0.5) is 0 Å². The van der Waals surface area contributed by atoms with Crippen LogP contribution in [0.5, 0.6) is 0 Å². The Labute approximate surface area is 95.0 Å². The summed E-state index contributed by atoms with van der Waals surface area (Å²) in [6.45, 7) is 11.0. The van der Waals surface area contributed by atoms with Crippen molar-refractivity contribution >= 4 is 0 Å². The smallest absolute Gasteiger partial charge is 0.151 e. The minimum Gasteiger partial charge on any atom is -0.368 e.